The fourth-order valence-electron chi connectivity index (χ4n) is 2.30. The first-order valence-electron chi connectivity index (χ1n) is 6.66. The topological polar surface area (TPSA) is 85.1 Å². The predicted molar refractivity (Wildman–Crippen MR) is 77.3 cm³/mol. The van der Waals surface area contributed by atoms with Crippen molar-refractivity contribution in [2.45, 2.75) is 33.2 Å². The molecule has 0 aromatic carbocycles. The number of carboxylic acids is 1. The molecule has 0 atom stereocenters. The van der Waals surface area contributed by atoms with Gasteiger partial charge in [-0.3, -0.25) is 14.3 Å². The molecule has 6 nitrogen and oxygen atoms in total. The zero-order valence-electron chi connectivity index (χ0n) is 12.0. The monoisotopic (exact) mass is 287 g/mol. The summed E-state index contributed by atoms with van der Waals surface area (Å²) in [6.45, 7) is 3.90. The maximum Gasteiger partial charge on any atom is 0.347 e. The Labute approximate surface area is 122 Å². The van der Waals surface area contributed by atoms with Gasteiger partial charge in [-0.15, -0.1) is 0 Å². The summed E-state index contributed by atoms with van der Waals surface area (Å²) >= 11 is 0. The van der Waals surface area contributed by atoms with Gasteiger partial charge in [-0.25, -0.2) is 4.79 Å². The van der Waals surface area contributed by atoms with Gasteiger partial charge in [-0.1, -0.05) is 0 Å². The van der Waals surface area contributed by atoms with Crippen LogP contribution >= 0.6 is 0 Å². The number of carboxylic acid groups (broad SMARTS) is 1. The van der Waals surface area contributed by atoms with Gasteiger partial charge in [-0.2, -0.15) is 4.98 Å². The Balaban J connectivity index is 2.30. The van der Waals surface area contributed by atoms with Crippen molar-refractivity contribution < 1.29 is 9.90 Å². The molecule has 2 aromatic heterocycles. The number of nitrogens with zero attached hydrogens (tertiary/aromatic N) is 3. The van der Waals surface area contributed by atoms with Gasteiger partial charge in [0.2, 0.25) is 0 Å². The first kappa shape index (κ1) is 14.9. The largest absolute Gasteiger partial charge is 0.481 e. The highest BCUT2D eigenvalue weighted by Crippen LogP contribution is 2.11. The Morgan fingerprint density at radius 3 is 2.57 bits per heavy atom. The van der Waals surface area contributed by atoms with Crippen LogP contribution in [0, 0.1) is 13.8 Å². The molecule has 0 radical (unpaired) electrons. The molecule has 0 saturated heterocycles. The zero-order valence-corrected chi connectivity index (χ0v) is 12.0. The molecule has 2 heterocycles. The van der Waals surface area contributed by atoms with Crippen LogP contribution in [0.3, 0.4) is 0 Å². The third-order valence-corrected chi connectivity index (χ3v) is 3.47. The van der Waals surface area contributed by atoms with Gasteiger partial charge in [0.15, 0.2) is 0 Å². The molecule has 21 heavy (non-hydrogen) atoms. The van der Waals surface area contributed by atoms with Gasteiger partial charge in [0.05, 0.1) is 6.42 Å². The van der Waals surface area contributed by atoms with Gasteiger partial charge >= 0.3 is 11.7 Å². The highest BCUT2D eigenvalue weighted by molar-refractivity contribution is 5.70. The van der Waals surface area contributed by atoms with Gasteiger partial charge in [0.1, 0.15) is 0 Å². The fraction of sp³-hybridized carbons (Fsp3) is 0.333. The summed E-state index contributed by atoms with van der Waals surface area (Å²) in [4.78, 5) is 30.8. The number of aryl methyl sites for hydroxylation is 2. The minimum atomic E-state index is -0.928. The Morgan fingerprint density at radius 1 is 1.29 bits per heavy atom. The summed E-state index contributed by atoms with van der Waals surface area (Å²) in [6.07, 6.45) is 3.95. The van der Waals surface area contributed by atoms with Crippen LogP contribution in [0.25, 0.3) is 0 Å². The first-order chi connectivity index (χ1) is 9.99. The van der Waals surface area contributed by atoms with Crippen LogP contribution in [0.5, 0.6) is 0 Å². The normalized spacial score (nSPS) is 10.6. The Bertz CT molecular complexity index is 708. The smallest absolute Gasteiger partial charge is 0.347 e. The number of carbonyl (C=O) groups is 1. The summed E-state index contributed by atoms with van der Waals surface area (Å²) < 4.78 is 1.53. The van der Waals surface area contributed by atoms with E-state index in [-0.39, 0.29) is 12.1 Å². The summed E-state index contributed by atoms with van der Waals surface area (Å²) in [5.41, 5.74) is 2.49. The van der Waals surface area contributed by atoms with Crippen molar-refractivity contribution in [1.29, 1.82) is 0 Å². The SMILES string of the molecule is Cc1nc(=O)n(CCc2ccncc2)c(C)c1CC(=O)O. The van der Waals surface area contributed by atoms with Crippen LogP contribution in [0.4, 0.5) is 0 Å². The van der Waals surface area contributed by atoms with Crippen LogP contribution in [0.2, 0.25) is 0 Å². The summed E-state index contributed by atoms with van der Waals surface area (Å²) in [6, 6.07) is 3.78. The maximum absolute atomic E-state index is 12.0. The second-order valence-corrected chi connectivity index (χ2v) is 4.87. The van der Waals surface area contributed by atoms with Gasteiger partial charge in [-0.05, 0) is 38.0 Å². The van der Waals surface area contributed by atoms with Crippen LogP contribution in [-0.4, -0.2) is 25.6 Å². The molecular formula is C15H17N3O3. The maximum atomic E-state index is 12.0. The van der Waals surface area contributed by atoms with E-state index in [9.17, 15) is 9.59 Å². The third-order valence-electron chi connectivity index (χ3n) is 3.47. The van der Waals surface area contributed by atoms with E-state index in [0.717, 1.165) is 5.56 Å². The van der Waals surface area contributed by atoms with Crippen molar-refractivity contribution in [3.8, 4) is 0 Å². The lowest BCUT2D eigenvalue weighted by molar-refractivity contribution is -0.136. The molecule has 1 N–H and O–H groups in total. The molecule has 2 aromatic rings. The standard InChI is InChI=1S/C15H17N3O3/c1-10-13(9-14(19)20)11(2)18(15(21)17-10)8-5-12-3-6-16-7-4-12/h3-4,6-7H,5,8-9H2,1-2H3,(H,19,20). The van der Waals surface area contributed by atoms with Gasteiger partial charge in [0.25, 0.3) is 0 Å². The lowest BCUT2D eigenvalue weighted by atomic mass is 10.1. The molecule has 0 fully saturated rings. The molecule has 0 aliphatic heterocycles. The molecule has 110 valence electrons. The minimum Gasteiger partial charge on any atom is -0.481 e. The van der Waals surface area contributed by atoms with E-state index in [4.69, 9.17) is 5.11 Å². The van der Waals surface area contributed by atoms with Crippen molar-refractivity contribution in [2.75, 3.05) is 0 Å². The minimum absolute atomic E-state index is 0.125. The van der Waals surface area contributed by atoms with E-state index in [1.54, 1.807) is 26.2 Å². The number of pyridine rings is 1. The molecular weight excluding hydrogens is 270 g/mol. The number of aliphatic carboxylic acids is 1. The summed E-state index contributed by atoms with van der Waals surface area (Å²) in [5.74, 6) is -0.928. The second kappa shape index (κ2) is 6.30. The van der Waals surface area contributed by atoms with Crippen molar-refractivity contribution in [3.05, 3.63) is 57.5 Å². The lowest BCUT2D eigenvalue weighted by Crippen LogP contribution is -2.29. The van der Waals surface area contributed by atoms with Crippen LogP contribution in [0.1, 0.15) is 22.5 Å². The molecule has 2 rings (SSSR count). The number of aromatic nitrogens is 3. The van der Waals surface area contributed by atoms with Gasteiger partial charge in [0, 0.05) is 35.9 Å². The quantitative estimate of drug-likeness (QED) is 0.891. The Morgan fingerprint density at radius 2 is 1.95 bits per heavy atom. The van der Waals surface area contributed by atoms with E-state index in [0.29, 0.717) is 29.9 Å². The number of hydrogen-bond donors (Lipinski definition) is 1. The first-order valence-corrected chi connectivity index (χ1v) is 6.66. The molecule has 6 heteroatoms. The predicted octanol–water partition coefficient (Wildman–Crippen LogP) is 1.12. The highest BCUT2D eigenvalue weighted by atomic mass is 16.4. The third kappa shape index (κ3) is 3.53. The van der Waals surface area contributed by atoms with Crippen molar-refractivity contribution in [2.24, 2.45) is 0 Å². The lowest BCUT2D eigenvalue weighted by Gasteiger charge is -2.14. The molecule has 0 aliphatic carbocycles. The van der Waals surface area contributed by atoms with E-state index in [2.05, 4.69) is 9.97 Å². The van der Waals surface area contributed by atoms with E-state index < -0.39 is 5.97 Å². The highest BCUT2D eigenvalue weighted by Gasteiger charge is 2.14. The average Bonchev–Trinajstić information content (AvgIpc) is 2.44. The Kier molecular flexibility index (Phi) is 4.47. The number of hydrogen-bond acceptors (Lipinski definition) is 4. The van der Waals surface area contributed by atoms with Crippen LogP contribution in [-0.2, 0) is 24.2 Å². The summed E-state index contributed by atoms with van der Waals surface area (Å²) in [7, 11) is 0. The van der Waals surface area contributed by atoms with Crippen molar-refractivity contribution in [1.82, 2.24) is 14.5 Å². The second-order valence-electron chi connectivity index (χ2n) is 4.87. The zero-order chi connectivity index (χ0) is 15.4. The molecule has 0 bridgehead atoms. The van der Waals surface area contributed by atoms with E-state index in [1.165, 1.54) is 4.57 Å². The van der Waals surface area contributed by atoms with E-state index in [1.807, 2.05) is 12.1 Å². The van der Waals surface area contributed by atoms with Gasteiger partial charge < -0.3 is 5.11 Å². The van der Waals surface area contributed by atoms with E-state index >= 15 is 0 Å². The molecule has 0 unspecified atom stereocenters. The number of rotatable bonds is 5. The fourth-order valence-corrected chi connectivity index (χ4v) is 2.30. The molecule has 0 saturated carbocycles. The average molecular weight is 287 g/mol. The molecule has 0 spiro atoms. The van der Waals surface area contributed by atoms with Crippen molar-refractivity contribution in [3.63, 3.8) is 0 Å². The summed E-state index contributed by atoms with van der Waals surface area (Å²) in [5, 5.41) is 8.96. The van der Waals surface area contributed by atoms with Crippen LogP contribution in [0.15, 0.2) is 29.3 Å². The molecule has 0 aliphatic rings. The Hall–Kier alpha value is -2.50. The van der Waals surface area contributed by atoms with Crippen molar-refractivity contribution >= 4 is 5.97 Å². The molecule has 0 amide bonds. The van der Waals surface area contributed by atoms with Crippen LogP contribution < -0.4 is 5.69 Å².